The van der Waals surface area contributed by atoms with Crippen LogP contribution in [0.15, 0.2) is 29.2 Å². The van der Waals surface area contributed by atoms with Gasteiger partial charge < -0.3 is 4.74 Å². The van der Waals surface area contributed by atoms with Crippen LogP contribution in [-0.2, 0) is 9.53 Å². The van der Waals surface area contributed by atoms with Gasteiger partial charge in [-0.3, -0.25) is 9.69 Å². The van der Waals surface area contributed by atoms with Crippen molar-refractivity contribution in [3.63, 3.8) is 0 Å². The summed E-state index contributed by atoms with van der Waals surface area (Å²) in [6.45, 7) is 5.03. The molecular weight excluding hydrogens is 265 g/mol. The molecule has 0 unspecified atom stereocenters. The van der Waals surface area contributed by atoms with Crippen molar-refractivity contribution in [2.75, 3.05) is 26.0 Å². The summed E-state index contributed by atoms with van der Waals surface area (Å²) in [5.41, 5.74) is 0. The van der Waals surface area contributed by atoms with E-state index >= 15 is 0 Å². The lowest BCUT2D eigenvalue weighted by atomic mass is 10.3. The van der Waals surface area contributed by atoms with Gasteiger partial charge in [0.05, 0.1) is 13.7 Å². The van der Waals surface area contributed by atoms with E-state index in [4.69, 9.17) is 0 Å². The molecule has 0 saturated heterocycles. The third-order valence-electron chi connectivity index (χ3n) is 2.76. The van der Waals surface area contributed by atoms with Crippen molar-refractivity contribution in [2.45, 2.75) is 24.8 Å². The first-order valence-electron chi connectivity index (χ1n) is 6.22. The molecule has 0 aliphatic heterocycles. The highest BCUT2D eigenvalue weighted by Gasteiger charge is 2.14. The Hall–Kier alpha value is -1.07. The fraction of sp³-hybridized carbons (Fsp3) is 0.500. The summed E-state index contributed by atoms with van der Waals surface area (Å²) < 4.78 is 18.1. The van der Waals surface area contributed by atoms with Crippen LogP contribution in [0.2, 0.25) is 0 Å². The highest BCUT2D eigenvalue weighted by Crippen LogP contribution is 2.21. The number of ether oxygens (including phenoxy) is 1. The van der Waals surface area contributed by atoms with Crippen molar-refractivity contribution in [3.05, 3.63) is 30.1 Å². The Labute approximate surface area is 118 Å². The number of hydrogen-bond acceptors (Lipinski definition) is 4. The van der Waals surface area contributed by atoms with Crippen molar-refractivity contribution in [1.29, 1.82) is 0 Å². The number of esters is 1. The fourth-order valence-electron chi connectivity index (χ4n) is 1.58. The molecule has 0 spiro atoms. The molecule has 0 fully saturated rings. The summed E-state index contributed by atoms with van der Waals surface area (Å²) in [6.07, 6.45) is 0. The van der Waals surface area contributed by atoms with Gasteiger partial charge in [0.25, 0.3) is 0 Å². The SMILES string of the molecule is COC(=O)CN(CCSc1ccccc1F)C(C)C. The van der Waals surface area contributed by atoms with E-state index in [1.54, 1.807) is 12.1 Å². The molecule has 0 aliphatic carbocycles. The van der Waals surface area contributed by atoms with Gasteiger partial charge in [-0.2, -0.15) is 0 Å². The number of benzene rings is 1. The number of rotatable bonds is 7. The number of methoxy groups -OCH3 is 1. The van der Waals surface area contributed by atoms with Gasteiger partial charge in [0.1, 0.15) is 5.82 Å². The first kappa shape index (κ1) is 16.0. The van der Waals surface area contributed by atoms with E-state index in [0.717, 1.165) is 5.75 Å². The molecule has 0 aliphatic rings. The summed E-state index contributed by atoms with van der Waals surface area (Å²) in [5, 5.41) is 0. The van der Waals surface area contributed by atoms with Crippen LogP contribution in [-0.4, -0.2) is 42.9 Å². The van der Waals surface area contributed by atoms with Crippen molar-refractivity contribution in [3.8, 4) is 0 Å². The minimum atomic E-state index is -0.246. The summed E-state index contributed by atoms with van der Waals surface area (Å²) in [7, 11) is 1.38. The van der Waals surface area contributed by atoms with Crippen LogP contribution in [0.25, 0.3) is 0 Å². The zero-order valence-corrected chi connectivity index (χ0v) is 12.4. The average molecular weight is 285 g/mol. The van der Waals surface area contributed by atoms with Gasteiger partial charge in [-0.05, 0) is 26.0 Å². The summed E-state index contributed by atoms with van der Waals surface area (Å²) >= 11 is 1.46. The van der Waals surface area contributed by atoms with Crippen molar-refractivity contribution >= 4 is 17.7 Å². The van der Waals surface area contributed by atoms with Crippen LogP contribution in [0.4, 0.5) is 4.39 Å². The number of thioether (sulfide) groups is 1. The maximum Gasteiger partial charge on any atom is 0.319 e. The average Bonchev–Trinajstić information content (AvgIpc) is 2.39. The van der Waals surface area contributed by atoms with Crippen molar-refractivity contribution in [2.24, 2.45) is 0 Å². The second-order valence-corrected chi connectivity index (χ2v) is 5.56. The zero-order valence-electron chi connectivity index (χ0n) is 11.6. The number of carbonyl (C=O) groups is 1. The van der Waals surface area contributed by atoms with Crippen LogP contribution in [0.3, 0.4) is 0 Å². The lowest BCUT2D eigenvalue weighted by molar-refractivity contribution is -0.142. The van der Waals surface area contributed by atoms with E-state index in [0.29, 0.717) is 11.4 Å². The Bertz CT molecular complexity index is 412. The van der Waals surface area contributed by atoms with E-state index < -0.39 is 0 Å². The Kier molecular flexibility index (Phi) is 6.87. The lowest BCUT2D eigenvalue weighted by Gasteiger charge is -2.24. The molecule has 0 N–H and O–H groups in total. The molecule has 0 amide bonds. The third-order valence-corrected chi connectivity index (χ3v) is 3.79. The summed E-state index contributed by atoms with van der Waals surface area (Å²) in [6, 6.07) is 6.97. The Balaban J connectivity index is 2.44. The van der Waals surface area contributed by atoms with E-state index in [-0.39, 0.29) is 24.4 Å². The van der Waals surface area contributed by atoms with Gasteiger partial charge in [-0.1, -0.05) is 12.1 Å². The second kappa shape index (κ2) is 8.17. The molecule has 0 saturated carbocycles. The van der Waals surface area contributed by atoms with Gasteiger partial charge in [-0.15, -0.1) is 11.8 Å². The molecule has 0 atom stereocenters. The fourth-order valence-corrected chi connectivity index (χ4v) is 2.51. The molecule has 1 aromatic carbocycles. The van der Waals surface area contributed by atoms with Gasteiger partial charge in [0, 0.05) is 23.2 Å². The standard InChI is InChI=1S/C14H20FNO2S/c1-11(2)16(10-14(17)18-3)8-9-19-13-7-5-4-6-12(13)15/h4-7,11H,8-10H2,1-3H3. The van der Waals surface area contributed by atoms with Gasteiger partial charge in [0.2, 0.25) is 0 Å². The third kappa shape index (κ3) is 5.61. The minimum absolute atomic E-state index is 0.198. The number of nitrogens with zero attached hydrogens (tertiary/aromatic N) is 1. The van der Waals surface area contributed by atoms with Crippen molar-refractivity contribution < 1.29 is 13.9 Å². The molecule has 1 aromatic rings. The second-order valence-electron chi connectivity index (χ2n) is 4.42. The first-order chi connectivity index (χ1) is 9.04. The van der Waals surface area contributed by atoms with E-state index in [1.165, 1.54) is 24.9 Å². The summed E-state index contributed by atoms with van der Waals surface area (Å²) in [4.78, 5) is 13.9. The molecule has 5 heteroatoms. The van der Waals surface area contributed by atoms with Crippen molar-refractivity contribution in [1.82, 2.24) is 4.90 Å². The van der Waals surface area contributed by atoms with Crippen LogP contribution < -0.4 is 0 Å². The minimum Gasteiger partial charge on any atom is -0.468 e. The Morgan fingerprint density at radius 2 is 2.11 bits per heavy atom. The summed E-state index contributed by atoms with van der Waals surface area (Å²) in [5.74, 6) is 0.289. The molecule has 0 radical (unpaired) electrons. The maximum atomic E-state index is 13.4. The molecule has 0 aromatic heterocycles. The smallest absolute Gasteiger partial charge is 0.319 e. The van der Waals surface area contributed by atoms with Gasteiger partial charge >= 0.3 is 5.97 Å². The highest BCUT2D eigenvalue weighted by molar-refractivity contribution is 7.99. The van der Waals surface area contributed by atoms with Crippen LogP contribution >= 0.6 is 11.8 Å². The predicted octanol–water partition coefficient (Wildman–Crippen LogP) is 2.80. The molecule has 19 heavy (non-hydrogen) atoms. The van der Waals surface area contributed by atoms with E-state index in [1.807, 2.05) is 24.8 Å². The normalized spacial score (nSPS) is 11.1. The Morgan fingerprint density at radius 1 is 1.42 bits per heavy atom. The molecule has 0 bridgehead atoms. The van der Waals surface area contributed by atoms with Gasteiger partial charge in [-0.25, -0.2) is 4.39 Å². The quantitative estimate of drug-likeness (QED) is 0.569. The van der Waals surface area contributed by atoms with Crippen LogP contribution in [0.5, 0.6) is 0 Å². The number of hydrogen-bond donors (Lipinski definition) is 0. The van der Waals surface area contributed by atoms with Gasteiger partial charge in [0.15, 0.2) is 0 Å². The molecule has 3 nitrogen and oxygen atoms in total. The number of halogens is 1. The van der Waals surface area contributed by atoms with Crippen LogP contribution in [0, 0.1) is 5.82 Å². The maximum absolute atomic E-state index is 13.4. The molecule has 106 valence electrons. The van der Waals surface area contributed by atoms with E-state index in [9.17, 15) is 9.18 Å². The first-order valence-corrected chi connectivity index (χ1v) is 7.21. The Morgan fingerprint density at radius 3 is 2.68 bits per heavy atom. The highest BCUT2D eigenvalue weighted by atomic mass is 32.2. The predicted molar refractivity (Wildman–Crippen MR) is 75.8 cm³/mol. The number of carbonyl (C=O) groups excluding carboxylic acids is 1. The zero-order chi connectivity index (χ0) is 14.3. The largest absolute Gasteiger partial charge is 0.468 e. The molecule has 1 rings (SSSR count). The lowest BCUT2D eigenvalue weighted by Crippen LogP contribution is -2.37. The monoisotopic (exact) mass is 285 g/mol. The molecule has 0 heterocycles. The topological polar surface area (TPSA) is 29.5 Å². The molecular formula is C14H20FNO2S. The van der Waals surface area contributed by atoms with Crippen LogP contribution in [0.1, 0.15) is 13.8 Å². The van der Waals surface area contributed by atoms with E-state index in [2.05, 4.69) is 4.74 Å².